The molecule has 4 nitrogen and oxygen atoms in total. The lowest BCUT2D eigenvalue weighted by molar-refractivity contribution is -0.385. The molecule has 0 saturated heterocycles. The van der Waals surface area contributed by atoms with Crippen LogP contribution in [0.5, 0.6) is 0 Å². The van der Waals surface area contributed by atoms with E-state index < -0.39 is 17.4 Å². The smallest absolute Gasteiger partial charge is 0.272 e. The highest BCUT2D eigenvalue weighted by atomic mass is 19.3. The maximum absolute atomic E-state index is 12.3. The quantitative estimate of drug-likeness (QED) is 0.621. The van der Waals surface area contributed by atoms with Crippen LogP contribution >= 0.6 is 0 Å². The maximum atomic E-state index is 12.3. The Kier molecular flexibility index (Phi) is 3.31. The second-order valence-corrected chi connectivity index (χ2v) is 3.16. The van der Waals surface area contributed by atoms with E-state index in [1.165, 1.54) is 19.1 Å². The molecule has 1 atom stereocenters. The molecule has 0 saturated carbocycles. The highest BCUT2D eigenvalue weighted by Gasteiger charge is 2.20. The van der Waals surface area contributed by atoms with Crippen molar-refractivity contribution in [2.45, 2.75) is 19.4 Å². The van der Waals surface area contributed by atoms with Crippen molar-refractivity contribution in [3.05, 3.63) is 39.4 Å². The highest BCUT2D eigenvalue weighted by molar-refractivity contribution is 5.43. The zero-order valence-corrected chi connectivity index (χ0v) is 7.98. The SMILES string of the molecule is Cc1ccc([C@H](N)C(F)F)cc1[N+](=O)[O-]. The molecule has 0 bridgehead atoms. The standard InChI is InChI=1S/C9H10F2N2O2/c1-5-2-3-6(8(12)9(10)11)4-7(5)13(14)15/h2-4,8-9H,12H2,1H3/t8-/m0/s1. The lowest BCUT2D eigenvalue weighted by atomic mass is 10.0. The number of nitro groups is 1. The second kappa shape index (κ2) is 4.31. The average Bonchev–Trinajstić information content (AvgIpc) is 2.16. The maximum Gasteiger partial charge on any atom is 0.272 e. The van der Waals surface area contributed by atoms with Crippen molar-refractivity contribution < 1.29 is 13.7 Å². The van der Waals surface area contributed by atoms with Crippen LogP contribution in [0.15, 0.2) is 18.2 Å². The molecular formula is C9H10F2N2O2. The van der Waals surface area contributed by atoms with E-state index >= 15 is 0 Å². The van der Waals surface area contributed by atoms with Gasteiger partial charge in [-0.05, 0) is 12.5 Å². The van der Waals surface area contributed by atoms with Crippen LogP contribution in [-0.2, 0) is 0 Å². The molecule has 15 heavy (non-hydrogen) atoms. The molecule has 0 spiro atoms. The molecule has 1 aromatic rings. The van der Waals surface area contributed by atoms with Gasteiger partial charge in [0.05, 0.1) is 11.0 Å². The first-order valence-electron chi connectivity index (χ1n) is 4.22. The fourth-order valence-corrected chi connectivity index (χ4v) is 1.18. The largest absolute Gasteiger partial charge is 0.319 e. The summed E-state index contributed by atoms with van der Waals surface area (Å²) in [5.74, 6) is 0. The molecule has 0 radical (unpaired) electrons. The minimum Gasteiger partial charge on any atom is -0.319 e. The van der Waals surface area contributed by atoms with E-state index in [4.69, 9.17) is 5.73 Å². The molecule has 0 heterocycles. The Morgan fingerprint density at radius 1 is 1.47 bits per heavy atom. The molecule has 6 heteroatoms. The van der Waals surface area contributed by atoms with Crippen molar-refractivity contribution in [3.63, 3.8) is 0 Å². The molecule has 1 aromatic carbocycles. The molecule has 0 aliphatic carbocycles. The van der Waals surface area contributed by atoms with E-state index in [1.807, 2.05) is 0 Å². The number of nitrogens with two attached hydrogens (primary N) is 1. The molecule has 2 N–H and O–H groups in total. The first kappa shape index (κ1) is 11.5. The number of halogens is 2. The van der Waals surface area contributed by atoms with Gasteiger partial charge in [-0.1, -0.05) is 12.1 Å². The minimum absolute atomic E-state index is 0.0716. The molecule has 82 valence electrons. The van der Waals surface area contributed by atoms with E-state index in [1.54, 1.807) is 0 Å². The zero-order chi connectivity index (χ0) is 11.6. The van der Waals surface area contributed by atoms with Gasteiger partial charge in [0, 0.05) is 11.6 Å². The molecule has 0 aliphatic heterocycles. The van der Waals surface area contributed by atoms with Crippen molar-refractivity contribution in [1.29, 1.82) is 0 Å². The van der Waals surface area contributed by atoms with Crippen LogP contribution < -0.4 is 5.73 Å². The zero-order valence-electron chi connectivity index (χ0n) is 7.98. The monoisotopic (exact) mass is 216 g/mol. The lowest BCUT2D eigenvalue weighted by Gasteiger charge is -2.10. The predicted molar refractivity (Wildman–Crippen MR) is 50.8 cm³/mol. The number of hydrogen-bond donors (Lipinski definition) is 1. The van der Waals surface area contributed by atoms with Crippen LogP contribution in [0.4, 0.5) is 14.5 Å². The van der Waals surface area contributed by atoms with Crippen LogP contribution in [0.1, 0.15) is 17.2 Å². The predicted octanol–water partition coefficient (Wildman–Crippen LogP) is 2.17. The highest BCUT2D eigenvalue weighted by Crippen LogP contribution is 2.25. The molecule has 0 unspecified atom stereocenters. The summed E-state index contributed by atoms with van der Waals surface area (Å²) in [4.78, 5) is 9.93. The van der Waals surface area contributed by atoms with Crippen LogP contribution in [0.3, 0.4) is 0 Å². The van der Waals surface area contributed by atoms with Crippen molar-refractivity contribution >= 4 is 5.69 Å². The Morgan fingerprint density at radius 3 is 2.53 bits per heavy atom. The fraction of sp³-hybridized carbons (Fsp3) is 0.333. The van der Waals surface area contributed by atoms with Crippen LogP contribution in [0.2, 0.25) is 0 Å². The second-order valence-electron chi connectivity index (χ2n) is 3.16. The van der Waals surface area contributed by atoms with Crippen molar-refractivity contribution in [2.24, 2.45) is 5.73 Å². The first-order valence-corrected chi connectivity index (χ1v) is 4.22. The van der Waals surface area contributed by atoms with Gasteiger partial charge >= 0.3 is 0 Å². The number of nitrogens with zero attached hydrogens (tertiary/aromatic N) is 1. The van der Waals surface area contributed by atoms with Gasteiger partial charge in [0.1, 0.15) is 0 Å². The Bertz CT molecular complexity index is 382. The third-order valence-electron chi connectivity index (χ3n) is 2.09. The van der Waals surface area contributed by atoms with Crippen molar-refractivity contribution in [2.75, 3.05) is 0 Å². The number of benzene rings is 1. The van der Waals surface area contributed by atoms with Gasteiger partial charge < -0.3 is 5.73 Å². The Balaban J connectivity index is 3.13. The summed E-state index contributed by atoms with van der Waals surface area (Å²) in [6.07, 6.45) is -2.73. The summed E-state index contributed by atoms with van der Waals surface area (Å²) in [6.45, 7) is 1.54. The minimum atomic E-state index is -2.73. The Morgan fingerprint density at radius 2 is 2.07 bits per heavy atom. The number of aryl methyl sites for hydroxylation is 1. The average molecular weight is 216 g/mol. The van der Waals surface area contributed by atoms with Crippen molar-refractivity contribution in [1.82, 2.24) is 0 Å². The van der Waals surface area contributed by atoms with Gasteiger partial charge in [-0.3, -0.25) is 10.1 Å². The van der Waals surface area contributed by atoms with Gasteiger partial charge in [-0.25, -0.2) is 8.78 Å². The van der Waals surface area contributed by atoms with Gasteiger partial charge in [-0.15, -0.1) is 0 Å². The van der Waals surface area contributed by atoms with Crippen LogP contribution in [0.25, 0.3) is 0 Å². The van der Waals surface area contributed by atoms with E-state index in [0.717, 1.165) is 6.07 Å². The molecule has 0 fully saturated rings. The number of alkyl halides is 2. The summed E-state index contributed by atoms with van der Waals surface area (Å²) in [7, 11) is 0. The van der Waals surface area contributed by atoms with Gasteiger partial charge in [-0.2, -0.15) is 0 Å². The number of nitro benzene ring substituents is 1. The summed E-state index contributed by atoms with van der Waals surface area (Å²) < 4.78 is 24.5. The first-order chi connectivity index (χ1) is 6.93. The van der Waals surface area contributed by atoms with Gasteiger partial charge in [0.2, 0.25) is 0 Å². The molecule has 0 amide bonds. The molecular weight excluding hydrogens is 206 g/mol. The summed E-state index contributed by atoms with van der Waals surface area (Å²) >= 11 is 0. The fourth-order valence-electron chi connectivity index (χ4n) is 1.18. The van der Waals surface area contributed by atoms with Crippen LogP contribution in [0, 0.1) is 17.0 Å². The third-order valence-corrected chi connectivity index (χ3v) is 2.09. The molecule has 0 aromatic heterocycles. The van der Waals surface area contributed by atoms with Crippen LogP contribution in [-0.4, -0.2) is 11.3 Å². The van der Waals surface area contributed by atoms with E-state index in [2.05, 4.69) is 0 Å². The summed E-state index contributed by atoms with van der Waals surface area (Å²) in [5, 5.41) is 10.5. The van der Waals surface area contributed by atoms with Gasteiger partial charge in [0.15, 0.2) is 0 Å². The van der Waals surface area contributed by atoms with E-state index in [-0.39, 0.29) is 11.3 Å². The third kappa shape index (κ3) is 2.47. The van der Waals surface area contributed by atoms with E-state index in [0.29, 0.717) is 5.56 Å². The normalized spacial score (nSPS) is 12.9. The summed E-state index contributed by atoms with van der Waals surface area (Å²) in [5.41, 5.74) is 5.49. The topological polar surface area (TPSA) is 69.2 Å². The molecule has 1 rings (SSSR count). The van der Waals surface area contributed by atoms with Crippen molar-refractivity contribution in [3.8, 4) is 0 Å². The summed E-state index contributed by atoms with van der Waals surface area (Å²) in [6, 6.07) is 2.39. The van der Waals surface area contributed by atoms with Gasteiger partial charge in [0.25, 0.3) is 12.1 Å². The molecule has 0 aliphatic rings. The lowest BCUT2D eigenvalue weighted by Crippen LogP contribution is -2.19. The Hall–Kier alpha value is -1.56. The number of hydrogen-bond acceptors (Lipinski definition) is 3. The van der Waals surface area contributed by atoms with E-state index in [9.17, 15) is 18.9 Å². The Labute approximate surface area is 84.9 Å². The number of rotatable bonds is 3.